The molecule has 1 heterocycles. The second kappa shape index (κ2) is 8.34. The van der Waals surface area contributed by atoms with Gasteiger partial charge in [0.15, 0.2) is 0 Å². The number of carbonyl (C=O) groups is 2. The van der Waals surface area contributed by atoms with Crippen LogP contribution in [-0.2, 0) is 14.8 Å². The Morgan fingerprint density at radius 1 is 1.03 bits per heavy atom. The summed E-state index contributed by atoms with van der Waals surface area (Å²) in [6.45, 7) is 4.44. The van der Waals surface area contributed by atoms with Crippen molar-refractivity contribution < 1.29 is 18.0 Å². The van der Waals surface area contributed by atoms with Crippen LogP contribution in [0.25, 0.3) is 0 Å². The Kier molecular flexibility index (Phi) is 6.04. The Labute approximate surface area is 171 Å². The van der Waals surface area contributed by atoms with Crippen LogP contribution in [0.1, 0.15) is 34.3 Å². The fourth-order valence-corrected chi connectivity index (χ4v) is 4.87. The number of benzene rings is 2. The van der Waals surface area contributed by atoms with Gasteiger partial charge in [-0.25, -0.2) is 8.42 Å². The number of hydrogen-bond acceptors (Lipinski definition) is 4. The lowest BCUT2D eigenvalue weighted by atomic mass is 9.97. The maximum Gasteiger partial charge on any atom is 0.248 e. The smallest absolute Gasteiger partial charge is 0.248 e. The van der Waals surface area contributed by atoms with E-state index in [-0.39, 0.29) is 35.4 Å². The molecule has 0 radical (unpaired) electrons. The summed E-state index contributed by atoms with van der Waals surface area (Å²) < 4.78 is 27.0. The molecule has 8 heteroatoms. The minimum atomic E-state index is -3.68. The first-order valence-electron chi connectivity index (χ1n) is 9.46. The molecular formula is C21H25N3O4S. The number of hydrogen-bond donors (Lipinski definition) is 2. The summed E-state index contributed by atoms with van der Waals surface area (Å²) in [5.41, 5.74) is 8.30. The first-order chi connectivity index (χ1) is 13.7. The predicted octanol–water partition coefficient (Wildman–Crippen LogP) is 2.44. The van der Waals surface area contributed by atoms with Gasteiger partial charge in [-0.1, -0.05) is 12.1 Å². The van der Waals surface area contributed by atoms with E-state index in [0.29, 0.717) is 12.8 Å². The summed E-state index contributed by atoms with van der Waals surface area (Å²) in [5, 5.41) is 2.97. The first kappa shape index (κ1) is 21.0. The zero-order valence-electron chi connectivity index (χ0n) is 16.5. The fraction of sp³-hybridized carbons (Fsp3) is 0.333. The van der Waals surface area contributed by atoms with Gasteiger partial charge in [-0.15, -0.1) is 0 Å². The van der Waals surface area contributed by atoms with E-state index in [4.69, 9.17) is 5.73 Å². The van der Waals surface area contributed by atoms with Gasteiger partial charge in [0.25, 0.3) is 0 Å². The van der Waals surface area contributed by atoms with Gasteiger partial charge in [0, 0.05) is 30.3 Å². The lowest BCUT2D eigenvalue weighted by Gasteiger charge is -2.30. The number of piperidine rings is 1. The van der Waals surface area contributed by atoms with Crippen LogP contribution in [0.3, 0.4) is 0 Å². The zero-order chi connectivity index (χ0) is 21.2. The van der Waals surface area contributed by atoms with Gasteiger partial charge in [-0.05, 0) is 68.1 Å². The van der Waals surface area contributed by atoms with Crippen LogP contribution in [0.4, 0.5) is 5.69 Å². The first-order valence-corrected chi connectivity index (χ1v) is 10.9. The van der Waals surface area contributed by atoms with Crippen LogP contribution in [-0.4, -0.2) is 37.6 Å². The highest BCUT2D eigenvalue weighted by molar-refractivity contribution is 7.89. The van der Waals surface area contributed by atoms with Crippen molar-refractivity contribution in [2.75, 3.05) is 18.4 Å². The third kappa shape index (κ3) is 4.65. The lowest BCUT2D eigenvalue weighted by molar-refractivity contribution is -0.120. The lowest BCUT2D eigenvalue weighted by Crippen LogP contribution is -2.41. The molecule has 0 bridgehead atoms. The van der Waals surface area contributed by atoms with E-state index in [1.165, 1.54) is 28.6 Å². The van der Waals surface area contributed by atoms with E-state index in [2.05, 4.69) is 5.32 Å². The van der Waals surface area contributed by atoms with Gasteiger partial charge in [-0.3, -0.25) is 9.59 Å². The number of rotatable bonds is 5. The summed E-state index contributed by atoms with van der Waals surface area (Å²) in [6, 6.07) is 11.5. The Bertz CT molecular complexity index is 1020. The van der Waals surface area contributed by atoms with Crippen molar-refractivity contribution in [1.82, 2.24) is 4.31 Å². The number of aryl methyl sites for hydroxylation is 2. The van der Waals surface area contributed by atoms with Gasteiger partial charge >= 0.3 is 0 Å². The maximum atomic E-state index is 12.8. The SMILES string of the molecule is Cc1ccc(C)c(NC(=O)C2CCN(S(=O)(=O)c3ccc(C(N)=O)cc3)CC2)c1. The topological polar surface area (TPSA) is 110 Å². The Morgan fingerprint density at radius 3 is 2.24 bits per heavy atom. The highest BCUT2D eigenvalue weighted by Crippen LogP contribution is 2.26. The average Bonchev–Trinajstić information content (AvgIpc) is 2.71. The zero-order valence-corrected chi connectivity index (χ0v) is 17.3. The Hall–Kier alpha value is -2.71. The average molecular weight is 416 g/mol. The number of sulfonamides is 1. The minimum Gasteiger partial charge on any atom is -0.366 e. The fourth-order valence-electron chi connectivity index (χ4n) is 3.40. The number of nitrogens with two attached hydrogens (primary N) is 1. The number of primary amides is 1. The molecule has 7 nitrogen and oxygen atoms in total. The molecule has 0 saturated carbocycles. The second-order valence-electron chi connectivity index (χ2n) is 7.37. The predicted molar refractivity (Wildman–Crippen MR) is 111 cm³/mol. The molecule has 0 atom stereocenters. The molecule has 2 amide bonds. The van der Waals surface area contributed by atoms with Crippen molar-refractivity contribution in [3.63, 3.8) is 0 Å². The summed E-state index contributed by atoms with van der Waals surface area (Å²) in [5.74, 6) is -0.926. The van der Waals surface area contributed by atoms with Crippen LogP contribution in [0, 0.1) is 19.8 Å². The molecule has 0 aromatic heterocycles. The molecule has 1 aliphatic rings. The maximum absolute atomic E-state index is 12.8. The van der Waals surface area contributed by atoms with Crippen molar-refractivity contribution in [3.05, 3.63) is 59.2 Å². The normalized spacial score (nSPS) is 15.8. The number of nitrogens with one attached hydrogen (secondary N) is 1. The van der Waals surface area contributed by atoms with Crippen molar-refractivity contribution in [2.24, 2.45) is 11.7 Å². The number of nitrogens with zero attached hydrogens (tertiary/aromatic N) is 1. The van der Waals surface area contributed by atoms with E-state index >= 15 is 0 Å². The Balaban J connectivity index is 1.64. The van der Waals surface area contributed by atoms with Crippen molar-refractivity contribution in [1.29, 1.82) is 0 Å². The molecule has 1 aliphatic heterocycles. The van der Waals surface area contributed by atoms with Gasteiger partial charge in [0.05, 0.1) is 4.90 Å². The van der Waals surface area contributed by atoms with Gasteiger partial charge in [-0.2, -0.15) is 4.31 Å². The number of anilines is 1. The molecule has 2 aromatic carbocycles. The minimum absolute atomic E-state index is 0.0819. The van der Waals surface area contributed by atoms with E-state index in [0.717, 1.165) is 16.8 Å². The summed E-state index contributed by atoms with van der Waals surface area (Å²) in [4.78, 5) is 23.9. The molecule has 3 N–H and O–H groups in total. The van der Waals surface area contributed by atoms with Crippen LogP contribution in [0.2, 0.25) is 0 Å². The molecule has 0 aliphatic carbocycles. The standard InChI is InChI=1S/C21H25N3O4S/c1-14-3-4-15(2)19(13-14)23-21(26)17-9-11-24(12-10-17)29(27,28)18-7-5-16(6-8-18)20(22)25/h3-8,13,17H,9-12H2,1-2H3,(H2,22,25)(H,23,26). The van der Waals surface area contributed by atoms with E-state index in [1.807, 2.05) is 32.0 Å². The van der Waals surface area contributed by atoms with E-state index in [1.54, 1.807) is 0 Å². The highest BCUT2D eigenvalue weighted by atomic mass is 32.2. The molecular weight excluding hydrogens is 390 g/mol. The van der Waals surface area contributed by atoms with Crippen molar-refractivity contribution in [3.8, 4) is 0 Å². The van der Waals surface area contributed by atoms with Gasteiger partial charge in [0.2, 0.25) is 21.8 Å². The third-order valence-electron chi connectivity index (χ3n) is 5.25. The Morgan fingerprint density at radius 2 is 1.66 bits per heavy atom. The van der Waals surface area contributed by atoms with Crippen LogP contribution < -0.4 is 11.1 Å². The molecule has 1 fully saturated rings. The summed E-state index contributed by atoms with van der Waals surface area (Å²) in [7, 11) is -3.68. The van der Waals surface area contributed by atoms with Crippen molar-refractivity contribution >= 4 is 27.5 Å². The molecule has 2 aromatic rings. The molecule has 29 heavy (non-hydrogen) atoms. The monoisotopic (exact) mass is 415 g/mol. The number of amides is 2. The van der Waals surface area contributed by atoms with Crippen LogP contribution in [0.5, 0.6) is 0 Å². The number of carbonyl (C=O) groups excluding carboxylic acids is 2. The van der Waals surface area contributed by atoms with Gasteiger partial charge < -0.3 is 11.1 Å². The molecule has 0 spiro atoms. The molecule has 1 saturated heterocycles. The van der Waals surface area contributed by atoms with Gasteiger partial charge in [0.1, 0.15) is 0 Å². The largest absolute Gasteiger partial charge is 0.366 e. The highest BCUT2D eigenvalue weighted by Gasteiger charge is 2.32. The van der Waals surface area contributed by atoms with E-state index < -0.39 is 15.9 Å². The van der Waals surface area contributed by atoms with E-state index in [9.17, 15) is 18.0 Å². The van der Waals surface area contributed by atoms with Crippen molar-refractivity contribution in [2.45, 2.75) is 31.6 Å². The quantitative estimate of drug-likeness (QED) is 0.781. The van der Waals surface area contributed by atoms with Crippen LogP contribution >= 0.6 is 0 Å². The summed E-state index contributed by atoms with van der Waals surface area (Å²) >= 11 is 0. The molecule has 154 valence electrons. The molecule has 3 rings (SSSR count). The van der Waals surface area contributed by atoms with Crippen LogP contribution in [0.15, 0.2) is 47.4 Å². The summed E-state index contributed by atoms with van der Waals surface area (Å²) in [6.07, 6.45) is 0.907. The second-order valence-corrected chi connectivity index (χ2v) is 9.31. The third-order valence-corrected chi connectivity index (χ3v) is 7.17. The molecule has 0 unspecified atom stereocenters.